The third-order valence-corrected chi connectivity index (χ3v) is 7.66. The van der Waals surface area contributed by atoms with E-state index in [2.05, 4.69) is 0 Å². The van der Waals surface area contributed by atoms with Gasteiger partial charge in [-0.15, -0.1) is 0 Å². The Bertz CT molecular complexity index is 1100. The monoisotopic (exact) mass is 439 g/mol. The minimum Gasteiger partial charge on any atom is -0.489 e. The lowest BCUT2D eigenvalue weighted by Gasteiger charge is -2.31. The molecule has 1 amide bonds. The molecule has 0 atom stereocenters. The molecular weight excluding hydrogens is 414 g/mol. The van der Waals surface area contributed by atoms with Gasteiger partial charge < -0.3 is 14.1 Å². The summed E-state index contributed by atoms with van der Waals surface area (Å²) >= 11 is 0. The first kappa shape index (κ1) is 21.2. The molecule has 0 N–H and O–H groups in total. The molecule has 0 saturated carbocycles. The van der Waals surface area contributed by atoms with Crippen molar-refractivity contribution in [2.45, 2.75) is 30.5 Å². The predicted molar refractivity (Wildman–Crippen MR) is 117 cm³/mol. The van der Waals surface area contributed by atoms with Gasteiger partial charge >= 0.3 is 0 Å². The Morgan fingerprint density at radius 2 is 1.77 bits per heavy atom. The van der Waals surface area contributed by atoms with E-state index in [4.69, 9.17) is 9.15 Å². The Morgan fingerprint density at radius 3 is 2.48 bits per heavy atom. The van der Waals surface area contributed by atoms with Gasteiger partial charge in [-0.25, -0.2) is 8.42 Å². The molecule has 0 spiro atoms. The van der Waals surface area contributed by atoms with Crippen LogP contribution < -0.4 is 4.74 Å². The molecule has 1 saturated heterocycles. The molecule has 6 nitrogen and oxygen atoms in total. The summed E-state index contributed by atoms with van der Waals surface area (Å²) in [4.78, 5) is 14.7. The van der Waals surface area contributed by atoms with E-state index in [-0.39, 0.29) is 11.7 Å². The van der Waals surface area contributed by atoms with Crippen LogP contribution in [0, 0.1) is 0 Å². The van der Waals surface area contributed by atoms with Crippen LogP contribution in [0.25, 0.3) is 0 Å². The zero-order valence-corrected chi connectivity index (χ0v) is 18.0. The third-order valence-electron chi connectivity index (χ3n) is 5.49. The number of furan rings is 1. The quantitative estimate of drug-likeness (QED) is 0.554. The lowest BCUT2D eigenvalue weighted by Crippen LogP contribution is -2.42. The number of hydrogen-bond donors (Lipinski definition) is 0. The highest BCUT2D eigenvalue weighted by molar-refractivity contribution is 7.91. The molecule has 1 aromatic heterocycles. The van der Waals surface area contributed by atoms with Gasteiger partial charge in [-0.05, 0) is 48.7 Å². The van der Waals surface area contributed by atoms with Crippen molar-refractivity contribution < 1.29 is 22.4 Å². The highest BCUT2D eigenvalue weighted by Gasteiger charge is 2.32. The van der Waals surface area contributed by atoms with Crippen molar-refractivity contribution in [2.75, 3.05) is 13.1 Å². The van der Waals surface area contributed by atoms with Crippen LogP contribution in [0.5, 0.6) is 5.75 Å². The standard InChI is InChI=1S/C24H25NO5S/c26-24(20-8-4-9-21(16-20)30-17-19-6-2-1-3-7-19)25-13-11-23(12-14-25)31(27,28)18-22-10-5-15-29-22/h1-10,15-16,23H,11-14,17-18H2. The molecule has 1 aliphatic rings. The van der Waals surface area contributed by atoms with Crippen LogP contribution >= 0.6 is 0 Å². The number of nitrogens with zero attached hydrogens (tertiary/aromatic N) is 1. The molecule has 7 heteroatoms. The fourth-order valence-corrected chi connectivity index (χ4v) is 5.50. The molecule has 4 rings (SSSR count). The van der Waals surface area contributed by atoms with E-state index in [1.54, 1.807) is 35.2 Å². The first-order chi connectivity index (χ1) is 15.0. The van der Waals surface area contributed by atoms with E-state index < -0.39 is 15.1 Å². The Balaban J connectivity index is 1.34. The van der Waals surface area contributed by atoms with Crippen molar-refractivity contribution in [2.24, 2.45) is 0 Å². The summed E-state index contributed by atoms with van der Waals surface area (Å²) in [7, 11) is -3.31. The van der Waals surface area contributed by atoms with Gasteiger partial charge in [-0.3, -0.25) is 4.79 Å². The molecule has 162 valence electrons. The number of sulfone groups is 1. The first-order valence-electron chi connectivity index (χ1n) is 10.3. The van der Waals surface area contributed by atoms with Gasteiger partial charge in [0, 0.05) is 18.7 Å². The third kappa shape index (κ3) is 5.35. The van der Waals surface area contributed by atoms with E-state index in [1.807, 2.05) is 36.4 Å². The molecule has 2 heterocycles. The minimum atomic E-state index is -3.31. The Labute approximate surface area is 182 Å². The summed E-state index contributed by atoms with van der Waals surface area (Å²) in [5, 5.41) is -0.456. The second-order valence-electron chi connectivity index (χ2n) is 7.68. The van der Waals surface area contributed by atoms with E-state index in [0.717, 1.165) is 5.56 Å². The van der Waals surface area contributed by atoms with E-state index >= 15 is 0 Å². The lowest BCUT2D eigenvalue weighted by atomic mass is 10.1. The average Bonchev–Trinajstić information content (AvgIpc) is 3.30. The summed E-state index contributed by atoms with van der Waals surface area (Å²) in [6, 6.07) is 20.3. The van der Waals surface area contributed by atoms with E-state index in [1.165, 1.54) is 6.26 Å². The predicted octanol–water partition coefficient (Wildman–Crippen LogP) is 4.08. The van der Waals surface area contributed by atoms with Gasteiger partial charge in [0.05, 0.1) is 11.5 Å². The Kier molecular flexibility index (Phi) is 6.42. The average molecular weight is 440 g/mol. The number of carbonyl (C=O) groups excluding carboxylic acids is 1. The number of hydrogen-bond acceptors (Lipinski definition) is 5. The van der Waals surface area contributed by atoms with Crippen LogP contribution in [-0.2, 0) is 22.2 Å². The second-order valence-corrected chi connectivity index (χ2v) is 9.96. The normalized spacial score (nSPS) is 15.0. The van der Waals surface area contributed by atoms with Crippen molar-refractivity contribution in [3.8, 4) is 5.75 Å². The van der Waals surface area contributed by atoms with Crippen molar-refractivity contribution in [3.05, 3.63) is 89.9 Å². The number of amides is 1. The minimum absolute atomic E-state index is 0.0978. The summed E-state index contributed by atoms with van der Waals surface area (Å²) in [5.41, 5.74) is 1.60. The summed E-state index contributed by atoms with van der Waals surface area (Å²) in [6.45, 7) is 1.25. The van der Waals surface area contributed by atoms with Crippen molar-refractivity contribution in [3.63, 3.8) is 0 Å². The summed E-state index contributed by atoms with van der Waals surface area (Å²) in [6.07, 6.45) is 2.34. The van der Waals surface area contributed by atoms with E-state index in [0.29, 0.717) is 49.6 Å². The molecule has 0 bridgehead atoms. The number of rotatable bonds is 7. The Hall–Kier alpha value is -3.06. The highest BCUT2D eigenvalue weighted by Crippen LogP contribution is 2.24. The molecule has 1 fully saturated rings. The van der Waals surface area contributed by atoms with Gasteiger partial charge in [-0.1, -0.05) is 36.4 Å². The molecule has 2 aromatic carbocycles. The number of carbonyl (C=O) groups is 1. The topological polar surface area (TPSA) is 76.8 Å². The smallest absolute Gasteiger partial charge is 0.253 e. The molecule has 0 radical (unpaired) electrons. The van der Waals surface area contributed by atoms with Crippen LogP contribution in [0.3, 0.4) is 0 Å². The van der Waals surface area contributed by atoms with Gasteiger partial charge in [0.25, 0.3) is 5.91 Å². The molecular formula is C24H25NO5S. The maximum absolute atomic E-state index is 12.9. The van der Waals surface area contributed by atoms with Crippen LogP contribution in [0.2, 0.25) is 0 Å². The van der Waals surface area contributed by atoms with Gasteiger partial charge in [0.15, 0.2) is 9.84 Å². The molecule has 0 aliphatic carbocycles. The zero-order chi connectivity index (χ0) is 21.7. The summed E-state index contributed by atoms with van der Waals surface area (Å²) < 4.78 is 36.3. The second kappa shape index (κ2) is 9.39. The molecule has 0 unspecified atom stereocenters. The van der Waals surface area contributed by atoms with Crippen LogP contribution in [0.1, 0.15) is 34.5 Å². The highest BCUT2D eigenvalue weighted by atomic mass is 32.2. The zero-order valence-electron chi connectivity index (χ0n) is 17.1. The number of likely N-dealkylation sites (tertiary alicyclic amines) is 1. The first-order valence-corrected chi connectivity index (χ1v) is 12.0. The maximum Gasteiger partial charge on any atom is 0.253 e. The van der Waals surface area contributed by atoms with Gasteiger partial charge in [-0.2, -0.15) is 0 Å². The Morgan fingerprint density at radius 1 is 1.00 bits per heavy atom. The van der Waals surface area contributed by atoms with Crippen LogP contribution in [0.15, 0.2) is 77.4 Å². The maximum atomic E-state index is 12.9. The van der Waals surface area contributed by atoms with Crippen molar-refractivity contribution in [1.82, 2.24) is 4.90 Å². The van der Waals surface area contributed by atoms with Crippen molar-refractivity contribution in [1.29, 1.82) is 0 Å². The molecule has 31 heavy (non-hydrogen) atoms. The largest absolute Gasteiger partial charge is 0.489 e. The SMILES string of the molecule is O=C(c1cccc(OCc2ccccc2)c1)N1CCC(S(=O)(=O)Cc2ccco2)CC1. The number of ether oxygens (including phenoxy) is 1. The lowest BCUT2D eigenvalue weighted by molar-refractivity contribution is 0.0725. The van der Waals surface area contributed by atoms with Crippen molar-refractivity contribution >= 4 is 15.7 Å². The fraction of sp³-hybridized carbons (Fsp3) is 0.292. The molecule has 3 aromatic rings. The fourth-order valence-electron chi connectivity index (χ4n) is 3.77. The van der Waals surface area contributed by atoms with Crippen LogP contribution in [-0.4, -0.2) is 37.6 Å². The van der Waals surface area contributed by atoms with Gasteiger partial charge in [0.2, 0.25) is 0 Å². The summed E-state index contributed by atoms with van der Waals surface area (Å²) in [5.74, 6) is 0.878. The number of piperidine rings is 1. The van der Waals surface area contributed by atoms with E-state index in [9.17, 15) is 13.2 Å². The van der Waals surface area contributed by atoms with Crippen LogP contribution in [0.4, 0.5) is 0 Å². The number of benzene rings is 2. The van der Waals surface area contributed by atoms with Gasteiger partial charge in [0.1, 0.15) is 23.9 Å². The molecule has 1 aliphatic heterocycles.